The van der Waals surface area contributed by atoms with Crippen molar-refractivity contribution < 1.29 is 4.79 Å². The van der Waals surface area contributed by atoms with Crippen LogP contribution in [0.1, 0.15) is 26.9 Å². The molecule has 0 aliphatic carbocycles. The van der Waals surface area contributed by atoms with Crippen LogP contribution in [0.15, 0.2) is 61.2 Å². The average Bonchev–Trinajstić information content (AvgIpc) is 3.12. The number of hydrogen-bond donors (Lipinski definition) is 2. The molecule has 0 radical (unpaired) electrons. The van der Waals surface area contributed by atoms with Gasteiger partial charge in [-0.05, 0) is 55.2 Å². The maximum atomic E-state index is 12.8. The van der Waals surface area contributed by atoms with Crippen LogP contribution in [0, 0.1) is 6.92 Å². The molecule has 0 saturated heterocycles. The predicted octanol–water partition coefficient (Wildman–Crippen LogP) is 3.08. The SMILES string of the molecule is Cc1ccc(C(NCCc2cccnc2)C(=O)NCCc2cccnc2)s1. The lowest BCUT2D eigenvalue weighted by Gasteiger charge is -2.17. The van der Waals surface area contributed by atoms with Gasteiger partial charge in [0.2, 0.25) is 5.91 Å². The third kappa shape index (κ3) is 5.98. The van der Waals surface area contributed by atoms with Crippen LogP contribution in [-0.2, 0) is 17.6 Å². The minimum atomic E-state index is -0.339. The van der Waals surface area contributed by atoms with Gasteiger partial charge in [-0.3, -0.25) is 14.8 Å². The molecule has 1 unspecified atom stereocenters. The molecule has 0 spiro atoms. The lowest BCUT2D eigenvalue weighted by Crippen LogP contribution is -2.38. The first kappa shape index (κ1) is 19.2. The summed E-state index contributed by atoms with van der Waals surface area (Å²) in [4.78, 5) is 23.3. The number of hydrogen-bond acceptors (Lipinski definition) is 5. The quantitative estimate of drug-likeness (QED) is 0.599. The van der Waals surface area contributed by atoms with Crippen LogP contribution in [0.4, 0.5) is 0 Å². The summed E-state index contributed by atoms with van der Waals surface area (Å²) in [5.41, 5.74) is 2.27. The number of amides is 1. The highest BCUT2D eigenvalue weighted by atomic mass is 32.1. The third-order valence-electron chi connectivity index (χ3n) is 4.23. The largest absolute Gasteiger partial charge is 0.354 e. The molecule has 0 aliphatic rings. The summed E-state index contributed by atoms with van der Waals surface area (Å²) in [6.45, 7) is 3.36. The Morgan fingerprint density at radius 3 is 2.22 bits per heavy atom. The van der Waals surface area contributed by atoms with E-state index in [-0.39, 0.29) is 11.9 Å². The number of thiophene rings is 1. The number of carbonyl (C=O) groups excluding carboxylic acids is 1. The molecule has 3 aromatic heterocycles. The molecule has 0 saturated carbocycles. The van der Waals surface area contributed by atoms with E-state index in [2.05, 4.69) is 33.6 Å². The molecule has 3 aromatic rings. The monoisotopic (exact) mass is 380 g/mol. The van der Waals surface area contributed by atoms with Gasteiger partial charge in [0.25, 0.3) is 0 Å². The van der Waals surface area contributed by atoms with Gasteiger partial charge in [0.15, 0.2) is 0 Å². The lowest BCUT2D eigenvalue weighted by atomic mass is 10.1. The van der Waals surface area contributed by atoms with Gasteiger partial charge in [-0.1, -0.05) is 12.1 Å². The number of nitrogens with zero attached hydrogens (tertiary/aromatic N) is 2. The molecule has 0 aliphatic heterocycles. The third-order valence-corrected chi connectivity index (χ3v) is 5.29. The highest BCUT2D eigenvalue weighted by molar-refractivity contribution is 7.12. The summed E-state index contributed by atoms with van der Waals surface area (Å²) in [6.07, 6.45) is 8.81. The van der Waals surface area contributed by atoms with Crippen LogP contribution in [0.3, 0.4) is 0 Å². The Labute approximate surface area is 163 Å². The van der Waals surface area contributed by atoms with E-state index >= 15 is 0 Å². The molecule has 0 aromatic carbocycles. The first-order valence-corrected chi connectivity index (χ1v) is 9.89. The average molecular weight is 381 g/mol. The highest BCUT2D eigenvalue weighted by Crippen LogP contribution is 2.23. The fourth-order valence-electron chi connectivity index (χ4n) is 2.82. The van der Waals surface area contributed by atoms with Crippen molar-refractivity contribution in [1.29, 1.82) is 0 Å². The van der Waals surface area contributed by atoms with E-state index in [9.17, 15) is 4.79 Å². The molecular weight excluding hydrogens is 356 g/mol. The van der Waals surface area contributed by atoms with Crippen molar-refractivity contribution in [3.63, 3.8) is 0 Å². The molecule has 140 valence electrons. The maximum Gasteiger partial charge on any atom is 0.242 e. The summed E-state index contributed by atoms with van der Waals surface area (Å²) >= 11 is 1.65. The van der Waals surface area contributed by atoms with E-state index in [0.717, 1.165) is 28.8 Å². The summed E-state index contributed by atoms with van der Waals surface area (Å²) in [5.74, 6) is 0.00641. The van der Waals surface area contributed by atoms with Gasteiger partial charge in [0.1, 0.15) is 6.04 Å². The van der Waals surface area contributed by atoms with E-state index in [1.165, 1.54) is 4.88 Å². The maximum absolute atomic E-state index is 12.8. The van der Waals surface area contributed by atoms with Crippen molar-refractivity contribution in [2.75, 3.05) is 13.1 Å². The van der Waals surface area contributed by atoms with Crippen molar-refractivity contribution in [2.24, 2.45) is 0 Å². The van der Waals surface area contributed by atoms with Crippen molar-refractivity contribution in [2.45, 2.75) is 25.8 Å². The van der Waals surface area contributed by atoms with E-state index in [4.69, 9.17) is 0 Å². The van der Waals surface area contributed by atoms with Crippen LogP contribution in [0.5, 0.6) is 0 Å². The summed E-state index contributed by atoms with van der Waals surface area (Å²) < 4.78 is 0. The van der Waals surface area contributed by atoms with Gasteiger partial charge in [0, 0.05) is 47.6 Å². The second-order valence-electron chi connectivity index (χ2n) is 6.35. The zero-order valence-corrected chi connectivity index (χ0v) is 16.2. The Morgan fingerprint density at radius 2 is 1.67 bits per heavy atom. The molecule has 1 amide bonds. The van der Waals surface area contributed by atoms with Crippen LogP contribution in [0.2, 0.25) is 0 Å². The van der Waals surface area contributed by atoms with Crippen molar-refractivity contribution in [3.05, 3.63) is 82.1 Å². The molecule has 3 rings (SSSR count). The van der Waals surface area contributed by atoms with Gasteiger partial charge in [-0.2, -0.15) is 0 Å². The van der Waals surface area contributed by atoms with E-state index in [1.807, 2.05) is 42.7 Å². The molecule has 1 atom stereocenters. The lowest BCUT2D eigenvalue weighted by molar-refractivity contribution is -0.123. The van der Waals surface area contributed by atoms with Crippen molar-refractivity contribution in [1.82, 2.24) is 20.6 Å². The smallest absolute Gasteiger partial charge is 0.242 e. The van der Waals surface area contributed by atoms with Crippen LogP contribution in [0.25, 0.3) is 0 Å². The second kappa shape index (κ2) is 9.94. The Kier molecular flexibility index (Phi) is 7.07. The number of aryl methyl sites for hydroxylation is 1. The van der Waals surface area contributed by atoms with Crippen LogP contribution < -0.4 is 10.6 Å². The van der Waals surface area contributed by atoms with Gasteiger partial charge in [0.05, 0.1) is 0 Å². The number of rotatable bonds is 9. The molecule has 3 heterocycles. The number of pyridine rings is 2. The zero-order chi connectivity index (χ0) is 18.9. The molecular formula is C21H24N4OS. The zero-order valence-electron chi connectivity index (χ0n) is 15.4. The topological polar surface area (TPSA) is 66.9 Å². The summed E-state index contributed by atoms with van der Waals surface area (Å²) in [7, 11) is 0. The standard InChI is InChI=1S/C21H24N4OS/c1-16-6-7-19(27-16)20(24-12-8-17-4-2-10-22-14-17)21(26)25-13-9-18-5-3-11-23-15-18/h2-7,10-11,14-15,20,24H,8-9,12-13H2,1H3,(H,25,26). The molecule has 0 fully saturated rings. The molecule has 5 nitrogen and oxygen atoms in total. The summed E-state index contributed by atoms with van der Waals surface area (Å²) in [6, 6.07) is 11.7. The molecule has 2 N–H and O–H groups in total. The molecule has 0 bridgehead atoms. The minimum Gasteiger partial charge on any atom is -0.354 e. The fraction of sp³-hybridized carbons (Fsp3) is 0.286. The van der Waals surface area contributed by atoms with Gasteiger partial charge in [-0.25, -0.2) is 0 Å². The van der Waals surface area contributed by atoms with E-state index in [1.54, 1.807) is 23.7 Å². The predicted molar refractivity (Wildman–Crippen MR) is 109 cm³/mol. The van der Waals surface area contributed by atoms with Gasteiger partial charge >= 0.3 is 0 Å². The van der Waals surface area contributed by atoms with Crippen LogP contribution in [-0.4, -0.2) is 29.0 Å². The Balaban J connectivity index is 1.56. The Bertz CT molecular complexity index is 836. The highest BCUT2D eigenvalue weighted by Gasteiger charge is 2.21. The van der Waals surface area contributed by atoms with E-state index in [0.29, 0.717) is 13.1 Å². The van der Waals surface area contributed by atoms with Gasteiger partial charge in [-0.15, -0.1) is 11.3 Å². The molecule has 27 heavy (non-hydrogen) atoms. The van der Waals surface area contributed by atoms with Crippen molar-refractivity contribution >= 4 is 17.2 Å². The first-order chi connectivity index (χ1) is 13.2. The molecule has 6 heteroatoms. The van der Waals surface area contributed by atoms with E-state index < -0.39 is 0 Å². The van der Waals surface area contributed by atoms with Crippen LogP contribution >= 0.6 is 11.3 Å². The summed E-state index contributed by atoms with van der Waals surface area (Å²) in [5, 5.41) is 6.46. The first-order valence-electron chi connectivity index (χ1n) is 9.07. The number of carbonyl (C=O) groups is 1. The number of aromatic nitrogens is 2. The second-order valence-corrected chi connectivity index (χ2v) is 7.67. The van der Waals surface area contributed by atoms with Gasteiger partial charge < -0.3 is 10.6 Å². The number of nitrogens with one attached hydrogen (secondary N) is 2. The Hall–Kier alpha value is -2.57. The van der Waals surface area contributed by atoms with Crippen molar-refractivity contribution in [3.8, 4) is 0 Å². The Morgan fingerprint density at radius 1 is 1.00 bits per heavy atom. The fourth-order valence-corrected chi connectivity index (χ4v) is 3.77. The normalized spacial score (nSPS) is 11.9. The minimum absolute atomic E-state index is 0.00641.